The van der Waals surface area contributed by atoms with Crippen molar-refractivity contribution in [3.8, 4) is 0 Å². The molecule has 10 rings (SSSR count). The molecule has 1 spiro atoms. The second kappa shape index (κ2) is 16.8. The van der Waals surface area contributed by atoms with Crippen LogP contribution < -0.4 is 0 Å². The standard InChI is InChI=1S/C45H72O17/c1-19-8-13-45(53-18-19)20(2)30-27(60-45)15-26-24-7-6-22-14-23(9-11-43(22,4)25(24)10-12-44(26,30)5)55-41-37(34(51)32(49)29(17-47)57-41)59-42-39-38(61-62-39)36(21(3)54-42)58-40-35(52)33(50)31(48)28(16-46)56-40/h19-42,46-52H,6-18H2,1-5H3/t19?,20?,21-,22?,23?,24?,25?,26?,27?,28-,29-,30?,31-,32-,33-,34-,35-,36+,37-,38-,39-,40+,41-,42+,43?,44?,45?/m1/s1. The van der Waals surface area contributed by atoms with Crippen molar-refractivity contribution in [2.24, 2.45) is 52.3 Å². The first-order chi connectivity index (χ1) is 29.6. The summed E-state index contributed by atoms with van der Waals surface area (Å²) in [4.78, 5) is 10.8. The highest BCUT2D eigenvalue weighted by molar-refractivity contribution is 5.15. The molecule has 0 aromatic carbocycles. The lowest BCUT2D eigenvalue weighted by Crippen LogP contribution is -2.70. The molecular weight excluding hydrogens is 812 g/mol. The number of hydrogen-bond donors (Lipinski definition) is 7. The lowest BCUT2D eigenvalue weighted by Gasteiger charge is -2.61. The molecule has 27 atom stereocenters. The van der Waals surface area contributed by atoms with Gasteiger partial charge in [-0.05, 0) is 111 Å². The number of hydrogen-bond acceptors (Lipinski definition) is 17. The molecule has 0 aromatic rings. The zero-order chi connectivity index (χ0) is 43.6. The summed E-state index contributed by atoms with van der Waals surface area (Å²) in [5.74, 6) is 3.49. The van der Waals surface area contributed by atoms with Gasteiger partial charge < -0.3 is 73.6 Å². The largest absolute Gasteiger partial charge is 0.394 e. The fraction of sp³-hybridized carbons (Fsp3) is 1.00. The first-order valence-corrected chi connectivity index (χ1v) is 23.8. The van der Waals surface area contributed by atoms with Crippen molar-refractivity contribution < 1.29 is 83.4 Å². The molecule has 17 nitrogen and oxygen atoms in total. The SMILES string of the molecule is CC1CCC2(OC1)OC1CC3C4CCC5CC(O[C@@H]6O[C@H](CO)[C@@H](O)[C@@H](O)[C@H]6O[C@@H]6O[C@H](C)[C@H](O[C@@H]7O[C@H](CO)[C@@H](O)[C@@H](O)[C@H]7O)[C@H]7OO[C@@H]67)CCC5(C)C4CCC3(C)C1C2C. The van der Waals surface area contributed by atoms with Crippen LogP contribution in [0.2, 0.25) is 0 Å². The van der Waals surface area contributed by atoms with Gasteiger partial charge in [-0.15, -0.1) is 0 Å². The van der Waals surface area contributed by atoms with Crippen LogP contribution >= 0.6 is 0 Å². The predicted octanol–water partition coefficient (Wildman–Crippen LogP) is 1.27. The summed E-state index contributed by atoms with van der Waals surface area (Å²) in [5, 5.41) is 73.4. The molecule has 0 aromatic heterocycles. The van der Waals surface area contributed by atoms with E-state index in [-0.39, 0.29) is 23.0 Å². The van der Waals surface area contributed by atoms with E-state index in [0.29, 0.717) is 41.4 Å². The van der Waals surface area contributed by atoms with Gasteiger partial charge in [0.1, 0.15) is 54.9 Å². The van der Waals surface area contributed by atoms with Gasteiger partial charge in [0, 0.05) is 12.3 Å². The average Bonchev–Trinajstić information content (AvgIpc) is 3.69. The number of rotatable bonds is 8. The van der Waals surface area contributed by atoms with Crippen LogP contribution in [0.1, 0.15) is 98.8 Å². The fourth-order valence-electron chi connectivity index (χ4n) is 14.9. The minimum atomic E-state index is -1.63. The Morgan fingerprint density at radius 2 is 1.31 bits per heavy atom. The van der Waals surface area contributed by atoms with E-state index in [1.807, 2.05) is 0 Å². The van der Waals surface area contributed by atoms with Crippen LogP contribution in [0.25, 0.3) is 0 Å². The summed E-state index contributed by atoms with van der Waals surface area (Å²) in [7, 11) is 0. The minimum absolute atomic E-state index is 0.168. The Bertz CT molecular complexity index is 1580. The molecule has 0 radical (unpaired) electrons. The summed E-state index contributed by atoms with van der Waals surface area (Å²) in [5.41, 5.74) is 0.420. The third kappa shape index (κ3) is 7.12. The molecule has 17 heteroatoms. The summed E-state index contributed by atoms with van der Waals surface area (Å²) >= 11 is 0. The molecule has 62 heavy (non-hydrogen) atoms. The Labute approximate surface area is 363 Å². The molecule has 10 fully saturated rings. The van der Waals surface area contributed by atoms with Gasteiger partial charge in [0.2, 0.25) is 0 Å². The number of fused-ring (bicyclic) bond motifs is 8. The minimum Gasteiger partial charge on any atom is -0.394 e. The van der Waals surface area contributed by atoms with Crippen molar-refractivity contribution >= 4 is 0 Å². The van der Waals surface area contributed by atoms with Crippen LogP contribution in [-0.2, 0) is 47.7 Å². The highest BCUT2D eigenvalue weighted by Gasteiger charge is 2.69. The smallest absolute Gasteiger partial charge is 0.190 e. The second-order valence-corrected chi connectivity index (χ2v) is 21.6. The molecule has 6 aliphatic heterocycles. The van der Waals surface area contributed by atoms with Gasteiger partial charge in [-0.25, -0.2) is 9.78 Å². The third-order valence-electron chi connectivity index (χ3n) is 18.5. The molecule has 12 unspecified atom stereocenters. The molecule has 7 N–H and O–H groups in total. The highest BCUT2D eigenvalue weighted by atomic mass is 17.3. The molecule has 4 saturated carbocycles. The Hall–Kier alpha value is -0.680. The van der Waals surface area contributed by atoms with Crippen LogP contribution in [0.5, 0.6) is 0 Å². The lowest BCUT2D eigenvalue weighted by atomic mass is 9.44. The number of aliphatic hydroxyl groups excluding tert-OH is 7. The normalized spacial score (nSPS) is 59.6. The molecule has 0 amide bonds. The topological polar surface area (TPSA) is 234 Å². The predicted molar refractivity (Wildman–Crippen MR) is 212 cm³/mol. The fourth-order valence-corrected chi connectivity index (χ4v) is 14.9. The van der Waals surface area contributed by atoms with Crippen molar-refractivity contribution in [3.63, 3.8) is 0 Å². The molecule has 354 valence electrons. The second-order valence-electron chi connectivity index (χ2n) is 21.6. The average molecular weight is 885 g/mol. The van der Waals surface area contributed by atoms with E-state index in [1.165, 1.54) is 25.7 Å². The van der Waals surface area contributed by atoms with Crippen molar-refractivity contribution in [1.82, 2.24) is 0 Å². The zero-order valence-corrected chi connectivity index (χ0v) is 36.8. The van der Waals surface area contributed by atoms with Gasteiger partial charge in [0.05, 0.1) is 38.1 Å². The summed E-state index contributed by atoms with van der Waals surface area (Å²) in [6.45, 7) is 11.1. The van der Waals surface area contributed by atoms with Gasteiger partial charge >= 0.3 is 0 Å². The monoisotopic (exact) mass is 884 g/mol. The van der Waals surface area contributed by atoms with E-state index in [1.54, 1.807) is 6.92 Å². The molecule has 10 aliphatic rings. The Morgan fingerprint density at radius 1 is 0.613 bits per heavy atom. The van der Waals surface area contributed by atoms with Gasteiger partial charge in [0.15, 0.2) is 36.9 Å². The van der Waals surface area contributed by atoms with E-state index in [4.69, 9.17) is 47.7 Å². The lowest BCUT2D eigenvalue weighted by molar-refractivity contribution is -0.538. The quantitative estimate of drug-likeness (QED) is 0.134. The van der Waals surface area contributed by atoms with Crippen LogP contribution in [0, 0.1) is 52.3 Å². The van der Waals surface area contributed by atoms with E-state index in [2.05, 4.69) is 27.7 Å². The highest BCUT2D eigenvalue weighted by Crippen LogP contribution is 2.71. The van der Waals surface area contributed by atoms with Crippen LogP contribution in [0.3, 0.4) is 0 Å². The summed E-state index contributed by atoms with van der Waals surface area (Å²) in [6, 6.07) is 0. The van der Waals surface area contributed by atoms with Crippen LogP contribution in [0.15, 0.2) is 0 Å². The first kappa shape index (κ1) is 45.1. The number of ether oxygens (including phenoxy) is 8. The Kier molecular flexibility index (Phi) is 12.2. The van der Waals surface area contributed by atoms with Crippen LogP contribution in [-0.4, -0.2) is 166 Å². The van der Waals surface area contributed by atoms with E-state index in [9.17, 15) is 35.7 Å². The summed E-state index contributed by atoms with van der Waals surface area (Å²) < 4.78 is 50.6. The molecule has 6 heterocycles. The van der Waals surface area contributed by atoms with Gasteiger partial charge in [-0.2, -0.15) is 0 Å². The van der Waals surface area contributed by atoms with Crippen molar-refractivity contribution in [2.45, 2.75) is 209 Å². The van der Waals surface area contributed by atoms with Crippen LogP contribution in [0.4, 0.5) is 0 Å². The number of aliphatic hydroxyl groups is 7. The van der Waals surface area contributed by atoms with E-state index >= 15 is 0 Å². The maximum atomic E-state index is 11.5. The molecular formula is C45H72O17. The Balaban J connectivity index is 0.790. The molecule has 4 aliphatic carbocycles. The maximum Gasteiger partial charge on any atom is 0.190 e. The molecule has 0 bridgehead atoms. The van der Waals surface area contributed by atoms with E-state index in [0.717, 1.165) is 45.1 Å². The third-order valence-corrected chi connectivity index (χ3v) is 18.5. The van der Waals surface area contributed by atoms with Crippen molar-refractivity contribution in [2.75, 3.05) is 19.8 Å². The maximum absolute atomic E-state index is 11.5. The van der Waals surface area contributed by atoms with Gasteiger partial charge in [0.25, 0.3) is 0 Å². The van der Waals surface area contributed by atoms with Gasteiger partial charge in [-0.3, -0.25) is 0 Å². The van der Waals surface area contributed by atoms with Crippen molar-refractivity contribution in [3.05, 3.63) is 0 Å². The Morgan fingerprint density at radius 3 is 2.00 bits per heavy atom. The first-order valence-electron chi connectivity index (χ1n) is 23.8. The van der Waals surface area contributed by atoms with Crippen molar-refractivity contribution in [1.29, 1.82) is 0 Å². The van der Waals surface area contributed by atoms with Gasteiger partial charge in [-0.1, -0.05) is 27.7 Å². The zero-order valence-electron chi connectivity index (χ0n) is 36.8. The molecule has 6 saturated heterocycles. The summed E-state index contributed by atoms with van der Waals surface area (Å²) in [6.07, 6.45) is -7.62. The van der Waals surface area contributed by atoms with E-state index < -0.39 is 111 Å².